The average molecular weight is 188 g/mol. The van der Waals surface area contributed by atoms with Crippen LogP contribution in [0.1, 0.15) is 5.69 Å². The first kappa shape index (κ1) is 8.97. The molecule has 0 spiro atoms. The predicted octanol–water partition coefficient (Wildman–Crippen LogP) is 1.70. The summed E-state index contributed by atoms with van der Waals surface area (Å²) in [5.41, 5.74) is 7.32. The zero-order valence-corrected chi connectivity index (χ0v) is 8.03. The topological polar surface area (TPSA) is 48.1 Å². The number of nitrogens with zero attached hydrogens (tertiary/aromatic N) is 1. The molecule has 0 aliphatic rings. The SMILES string of the molecule is COc1cc2ccccc2nc1CN. The molecule has 72 valence electrons. The molecule has 0 fully saturated rings. The molecule has 0 unspecified atom stereocenters. The maximum absolute atomic E-state index is 5.57. The third-order valence-electron chi connectivity index (χ3n) is 2.18. The van der Waals surface area contributed by atoms with E-state index in [0.29, 0.717) is 6.54 Å². The summed E-state index contributed by atoms with van der Waals surface area (Å²) >= 11 is 0. The minimum atomic E-state index is 0.397. The van der Waals surface area contributed by atoms with Crippen molar-refractivity contribution in [1.82, 2.24) is 4.98 Å². The molecule has 1 heterocycles. The molecular formula is C11H12N2O. The van der Waals surface area contributed by atoms with Gasteiger partial charge in [0.2, 0.25) is 0 Å². The highest BCUT2D eigenvalue weighted by Gasteiger charge is 2.04. The molecule has 3 heteroatoms. The fraction of sp³-hybridized carbons (Fsp3) is 0.182. The van der Waals surface area contributed by atoms with Crippen LogP contribution in [0.4, 0.5) is 0 Å². The maximum atomic E-state index is 5.57. The van der Waals surface area contributed by atoms with E-state index in [-0.39, 0.29) is 0 Å². The van der Waals surface area contributed by atoms with Gasteiger partial charge in [-0.25, -0.2) is 4.98 Å². The molecule has 0 saturated carbocycles. The largest absolute Gasteiger partial charge is 0.495 e. The fourth-order valence-electron chi connectivity index (χ4n) is 1.46. The highest BCUT2D eigenvalue weighted by atomic mass is 16.5. The summed E-state index contributed by atoms with van der Waals surface area (Å²) in [6.07, 6.45) is 0. The van der Waals surface area contributed by atoms with Gasteiger partial charge in [0, 0.05) is 11.9 Å². The monoisotopic (exact) mass is 188 g/mol. The van der Waals surface area contributed by atoms with Crippen LogP contribution in [0.15, 0.2) is 30.3 Å². The molecule has 3 nitrogen and oxygen atoms in total. The van der Waals surface area contributed by atoms with E-state index >= 15 is 0 Å². The summed E-state index contributed by atoms with van der Waals surface area (Å²) in [6, 6.07) is 9.87. The van der Waals surface area contributed by atoms with Gasteiger partial charge in [0.15, 0.2) is 0 Å². The van der Waals surface area contributed by atoms with E-state index in [9.17, 15) is 0 Å². The lowest BCUT2D eigenvalue weighted by atomic mass is 10.2. The van der Waals surface area contributed by atoms with E-state index in [0.717, 1.165) is 22.3 Å². The van der Waals surface area contributed by atoms with Crippen LogP contribution in [0.25, 0.3) is 10.9 Å². The molecule has 2 aromatic rings. The first-order valence-corrected chi connectivity index (χ1v) is 4.48. The molecule has 0 amide bonds. The van der Waals surface area contributed by atoms with Gasteiger partial charge in [-0.1, -0.05) is 18.2 Å². The third kappa shape index (κ3) is 1.42. The van der Waals surface area contributed by atoms with E-state index in [1.54, 1.807) is 7.11 Å². The molecule has 0 radical (unpaired) electrons. The summed E-state index contributed by atoms with van der Waals surface area (Å²) in [7, 11) is 1.63. The second-order valence-corrected chi connectivity index (χ2v) is 3.03. The molecule has 2 N–H and O–H groups in total. The quantitative estimate of drug-likeness (QED) is 0.780. The molecule has 0 aliphatic heterocycles. The zero-order valence-electron chi connectivity index (χ0n) is 8.03. The van der Waals surface area contributed by atoms with Gasteiger partial charge in [0.1, 0.15) is 5.75 Å². The number of para-hydroxylation sites is 1. The lowest BCUT2D eigenvalue weighted by molar-refractivity contribution is 0.408. The van der Waals surface area contributed by atoms with Crippen molar-refractivity contribution in [1.29, 1.82) is 0 Å². The Morgan fingerprint density at radius 3 is 2.86 bits per heavy atom. The minimum Gasteiger partial charge on any atom is -0.495 e. The fourth-order valence-corrected chi connectivity index (χ4v) is 1.46. The second kappa shape index (κ2) is 3.64. The number of pyridine rings is 1. The second-order valence-electron chi connectivity index (χ2n) is 3.03. The number of benzene rings is 1. The van der Waals surface area contributed by atoms with Crippen LogP contribution >= 0.6 is 0 Å². The van der Waals surface area contributed by atoms with Crippen molar-refractivity contribution in [3.05, 3.63) is 36.0 Å². The summed E-state index contributed by atoms with van der Waals surface area (Å²) < 4.78 is 5.20. The summed E-state index contributed by atoms with van der Waals surface area (Å²) in [5.74, 6) is 0.756. The molecule has 0 aliphatic carbocycles. The van der Waals surface area contributed by atoms with Crippen LogP contribution in [0.2, 0.25) is 0 Å². The van der Waals surface area contributed by atoms with Crippen molar-refractivity contribution in [3.63, 3.8) is 0 Å². The maximum Gasteiger partial charge on any atom is 0.142 e. The lowest BCUT2D eigenvalue weighted by Gasteiger charge is -2.07. The Kier molecular flexibility index (Phi) is 2.33. The van der Waals surface area contributed by atoms with Crippen molar-refractivity contribution in [3.8, 4) is 5.75 Å². The average Bonchev–Trinajstić information content (AvgIpc) is 2.27. The van der Waals surface area contributed by atoms with E-state index in [1.165, 1.54) is 0 Å². The van der Waals surface area contributed by atoms with E-state index in [2.05, 4.69) is 4.98 Å². The molecule has 1 aromatic heterocycles. The van der Waals surface area contributed by atoms with Crippen LogP contribution in [0.5, 0.6) is 5.75 Å². The van der Waals surface area contributed by atoms with Gasteiger partial charge < -0.3 is 10.5 Å². The number of hydrogen-bond acceptors (Lipinski definition) is 3. The van der Waals surface area contributed by atoms with Gasteiger partial charge in [0.25, 0.3) is 0 Å². The zero-order chi connectivity index (χ0) is 9.97. The molecule has 2 rings (SSSR count). The Morgan fingerprint density at radius 1 is 1.36 bits per heavy atom. The summed E-state index contributed by atoms with van der Waals surface area (Å²) in [4.78, 5) is 4.41. The van der Waals surface area contributed by atoms with Gasteiger partial charge in [-0.05, 0) is 12.1 Å². The van der Waals surface area contributed by atoms with E-state index < -0.39 is 0 Å². The molecular weight excluding hydrogens is 176 g/mol. The lowest BCUT2D eigenvalue weighted by Crippen LogP contribution is -2.02. The third-order valence-corrected chi connectivity index (χ3v) is 2.18. The van der Waals surface area contributed by atoms with Gasteiger partial charge in [-0.3, -0.25) is 0 Å². The first-order valence-electron chi connectivity index (χ1n) is 4.48. The number of methoxy groups -OCH3 is 1. The van der Waals surface area contributed by atoms with Crippen LogP contribution in [-0.2, 0) is 6.54 Å². The summed E-state index contributed by atoms with van der Waals surface area (Å²) in [5, 5.41) is 1.07. The van der Waals surface area contributed by atoms with Crippen molar-refractivity contribution in [2.24, 2.45) is 5.73 Å². The Balaban J connectivity index is 2.69. The van der Waals surface area contributed by atoms with Gasteiger partial charge >= 0.3 is 0 Å². The van der Waals surface area contributed by atoms with Crippen LogP contribution in [0, 0.1) is 0 Å². The molecule has 0 atom stereocenters. The van der Waals surface area contributed by atoms with Crippen LogP contribution in [0.3, 0.4) is 0 Å². The Hall–Kier alpha value is -1.61. The highest BCUT2D eigenvalue weighted by molar-refractivity contribution is 5.80. The number of ether oxygens (including phenoxy) is 1. The van der Waals surface area contributed by atoms with Crippen LogP contribution < -0.4 is 10.5 Å². The number of fused-ring (bicyclic) bond motifs is 1. The molecule has 0 saturated heterocycles. The van der Waals surface area contributed by atoms with Gasteiger partial charge in [0.05, 0.1) is 18.3 Å². The molecule has 1 aromatic carbocycles. The first-order chi connectivity index (χ1) is 6.85. The Bertz CT molecular complexity index is 411. The number of nitrogens with two attached hydrogens (primary N) is 1. The van der Waals surface area contributed by atoms with E-state index in [1.807, 2.05) is 30.3 Å². The van der Waals surface area contributed by atoms with Crippen LogP contribution in [-0.4, -0.2) is 12.1 Å². The van der Waals surface area contributed by atoms with Gasteiger partial charge in [-0.15, -0.1) is 0 Å². The van der Waals surface area contributed by atoms with Crippen molar-refractivity contribution in [2.75, 3.05) is 7.11 Å². The van der Waals surface area contributed by atoms with Crippen molar-refractivity contribution < 1.29 is 4.74 Å². The minimum absolute atomic E-state index is 0.397. The molecule has 0 bridgehead atoms. The Labute approximate surface area is 82.5 Å². The van der Waals surface area contributed by atoms with Crippen molar-refractivity contribution in [2.45, 2.75) is 6.54 Å². The highest BCUT2D eigenvalue weighted by Crippen LogP contribution is 2.21. The van der Waals surface area contributed by atoms with E-state index in [4.69, 9.17) is 10.5 Å². The van der Waals surface area contributed by atoms with Crippen molar-refractivity contribution >= 4 is 10.9 Å². The molecule has 14 heavy (non-hydrogen) atoms. The predicted molar refractivity (Wildman–Crippen MR) is 56.2 cm³/mol. The van der Waals surface area contributed by atoms with Gasteiger partial charge in [-0.2, -0.15) is 0 Å². The number of rotatable bonds is 2. The standard InChI is InChI=1S/C11H12N2O/c1-14-11-6-8-4-2-3-5-9(8)13-10(11)7-12/h2-6H,7,12H2,1H3. The normalized spacial score (nSPS) is 10.4. The smallest absolute Gasteiger partial charge is 0.142 e. The Morgan fingerprint density at radius 2 is 2.14 bits per heavy atom. The summed E-state index contributed by atoms with van der Waals surface area (Å²) in [6.45, 7) is 0.397. The number of hydrogen-bond donors (Lipinski definition) is 1. The number of aromatic nitrogens is 1.